The summed E-state index contributed by atoms with van der Waals surface area (Å²) < 4.78 is 7.16. The van der Waals surface area contributed by atoms with Gasteiger partial charge in [0.05, 0.1) is 17.9 Å². The van der Waals surface area contributed by atoms with E-state index in [1.165, 1.54) is 16.0 Å². The molecule has 0 fully saturated rings. The van der Waals surface area contributed by atoms with E-state index in [2.05, 4.69) is 31.4 Å². The zero-order valence-corrected chi connectivity index (χ0v) is 17.9. The van der Waals surface area contributed by atoms with Crippen LogP contribution in [0.4, 0.5) is 5.00 Å². The molecule has 0 unspecified atom stereocenters. The summed E-state index contributed by atoms with van der Waals surface area (Å²) >= 11 is 5.86. The topological polar surface area (TPSA) is 112 Å². The maximum absolute atomic E-state index is 12.3. The van der Waals surface area contributed by atoms with Gasteiger partial charge in [0.25, 0.3) is 0 Å². The van der Waals surface area contributed by atoms with E-state index in [1.807, 2.05) is 24.3 Å². The molecule has 0 aliphatic heterocycles. The van der Waals surface area contributed by atoms with Crippen molar-refractivity contribution in [3.8, 4) is 11.4 Å². The number of carbonyl (C=O) groups excluding carboxylic acids is 2. The lowest BCUT2D eigenvalue weighted by Crippen LogP contribution is -2.17. The van der Waals surface area contributed by atoms with Crippen LogP contribution >= 0.6 is 39.0 Å². The van der Waals surface area contributed by atoms with Gasteiger partial charge in [0.1, 0.15) is 5.00 Å². The molecule has 11 heteroatoms. The SMILES string of the molecule is CCOC(=O)c1ccsc1NC(=O)CSc1nnc(-c2ccccc2Br)n1N. The number of nitrogens with zero attached hydrogens (tertiary/aromatic N) is 3. The number of hydrogen-bond donors (Lipinski definition) is 2. The third-order valence-corrected chi connectivity index (χ3v) is 5.99. The van der Waals surface area contributed by atoms with Crippen LogP contribution in [-0.2, 0) is 9.53 Å². The molecule has 3 aromatic rings. The molecule has 0 saturated heterocycles. The summed E-state index contributed by atoms with van der Waals surface area (Å²) in [5, 5.41) is 13.4. The van der Waals surface area contributed by atoms with Crippen molar-refractivity contribution in [2.75, 3.05) is 23.5 Å². The molecule has 8 nitrogen and oxygen atoms in total. The molecular formula is C17H16BrN5O3S2. The first-order chi connectivity index (χ1) is 13.5. The van der Waals surface area contributed by atoms with E-state index in [9.17, 15) is 9.59 Å². The third-order valence-electron chi connectivity index (χ3n) is 3.53. The van der Waals surface area contributed by atoms with Gasteiger partial charge < -0.3 is 15.9 Å². The Morgan fingerprint density at radius 1 is 1.32 bits per heavy atom. The van der Waals surface area contributed by atoms with Crippen LogP contribution < -0.4 is 11.2 Å². The molecule has 0 bridgehead atoms. The molecule has 3 N–H and O–H groups in total. The van der Waals surface area contributed by atoms with Crippen molar-refractivity contribution in [1.29, 1.82) is 0 Å². The number of ether oxygens (including phenoxy) is 1. The molecule has 0 atom stereocenters. The Morgan fingerprint density at radius 3 is 2.86 bits per heavy atom. The molecule has 0 spiro atoms. The van der Waals surface area contributed by atoms with Crippen LogP contribution in [0, 0.1) is 0 Å². The zero-order valence-electron chi connectivity index (χ0n) is 14.7. The molecular weight excluding hydrogens is 466 g/mol. The first-order valence-electron chi connectivity index (χ1n) is 8.14. The van der Waals surface area contributed by atoms with Gasteiger partial charge >= 0.3 is 5.97 Å². The quantitative estimate of drug-likeness (QED) is 0.302. The molecule has 146 valence electrons. The van der Waals surface area contributed by atoms with E-state index in [0.717, 1.165) is 21.8 Å². The second kappa shape index (κ2) is 9.22. The number of rotatable bonds is 7. The maximum atomic E-state index is 12.3. The predicted octanol–water partition coefficient (Wildman–Crippen LogP) is 3.39. The van der Waals surface area contributed by atoms with Gasteiger partial charge in [-0.1, -0.05) is 39.8 Å². The van der Waals surface area contributed by atoms with Crippen LogP contribution in [0.5, 0.6) is 0 Å². The van der Waals surface area contributed by atoms with E-state index in [4.69, 9.17) is 10.6 Å². The van der Waals surface area contributed by atoms with Crippen LogP contribution in [0.3, 0.4) is 0 Å². The van der Waals surface area contributed by atoms with Gasteiger partial charge in [-0.25, -0.2) is 9.47 Å². The maximum Gasteiger partial charge on any atom is 0.341 e. The Labute approximate surface area is 177 Å². The fourth-order valence-corrected chi connectivity index (χ4v) is 4.18. The average molecular weight is 482 g/mol. The highest BCUT2D eigenvalue weighted by Gasteiger charge is 2.18. The lowest BCUT2D eigenvalue weighted by molar-refractivity contribution is -0.113. The third kappa shape index (κ3) is 4.54. The molecule has 0 aliphatic carbocycles. The Bertz CT molecular complexity index is 1000. The van der Waals surface area contributed by atoms with Crippen molar-refractivity contribution in [3.63, 3.8) is 0 Å². The number of benzene rings is 1. The Balaban J connectivity index is 1.64. The summed E-state index contributed by atoms with van der Waals surface area (Å²) in [6.45, 7) is 1.99. The molecule has 0 aliphatic rings. The summed E-state index contributed by atoms with van der Waals surface area (Å²) in [6, 6.07) is 9.13. The normalized spacial score (nSPS) is 10.6. The molecule has 2 heterocycles. The van der Waals surface area contributed by atoms with Gasteiger partial charge in [-0.05, 0) is 30.5 Å². The minimum atomic E-state index is -0.466. The zero-order chi connectivity index (χ0) is 20.1. The van der Waals surface area contributed by atoms with Crippen molar-refractivity contribution in [2.24, 2.45) is 0 Å². The highest BCUT2D eigenvalue weighted by molar-refractivity contribution is 9.10. The largest absolute Gasteiger partial charge is 0.462 e. The van der Waals surface area contributed by atoms with Gasteiger partial charge in [-0.3, -0.25) is 4.79 Å². The molecule has 0 radical (unpaired) electrons. The Hall–Kier alpha value is -2.37. The van der Waals surface area contributed by atoms with Gasteiger partial charge in [-0.2, -0.15) is 0 Å². The summed E-state index contributed by atoms with van der Waals surface area (Å²) in [5.74, 6) is 5.87. The highest BCUT2D eigenvalue weighted by atomic mass is 79.9. The van der Waals surface area contributed by atoms with Gasteiger partial charge in [0, 0.05) is 10.0 Å². The van der Waals surface area contributed by atoms with Gasteiger partial charge in [0.15, 0.2) is 5.82 Å². The number of hydrogen-bond acceptors (Lipinski definition) is 8. The van der Waals surface area contributed by atoms with E-state index >= 15 is 0 Å². The standard InChI is InChI=1S/C17H16BrN5O3S2/c1-2-26-16(25)11-7-8-27-15(11)20-13(24)9-28-17-22-21-14(23(17)19)10-5-3-4-6-12(10)18/h3-8H,2,9,19H2,1H3,(H,20,24). The number of thioether (sulfide) groups is 1. The first-order valence-corrected chi connectivity index (χ1v) is 10.8. The molecule has 28 heavy (non-hydrogen) atoms. The average Bonchev–Trinajstić information content (AvgIpc) is 3.27. The number of aromatic nitrogens is 3. The minimum absolute atomic E-state index is 0.0610. The molecule has 2 aromatic heterocycles. The first kappa shape index (κ1) is 20.4. The summed E-state index contributed by atoms with van der Waals surface area (Å²) in [6.07, 6.45) is 0. The number of halogens is 1. The van der Waals surface area contributed by atoms with Crippen molar-refractivity contribution >= 4 is 55.9 Å². The number of anilines is 1. The minimum Gasteiger partial charge on any atom is -0.462 e. The number of nitrogens with one attached hydrogen (secondary N) is 1. The number of amides is 1. The second-order valence-corrected chi connectivity index (χ2v) is 8.09. The van der Waals surface area contributed by atoms with Crippen LogP contribution in [0.2, 0.25) is 0 Å². The number of esters is 1. The second-order valence-electron chi connectivity index (χ2n) is 5.38. The van der Waals surface area contributed by atoms with Crippen LogP contribution in [-0.4, -0.2) is 39.1 Å². The summed E-state index contributed by atoms with van der Waals surface area (Å²) in [5.41, 5.74) is 1.13. The lowest BCUT2D eigenvalue weighted by atomic mass is 10.2. The summed E-state index contributed by atoms with van der Waals surface area (Å²) in [7, 11) is 0. The molecule has 0 saturated carbocycles. The molecule has 1 amide bonds. The van der Waals surface area contributed by atoms with Crippen LogP contribution in [0.15, 0.2) is 45.3 Å². The van der Waals surface area contributed by atoms with Crippen molar-refractivity contribution < 1.29 is 14.3 Å². The number of nitrogens with two attached hydrogens (primary N) is 1. The fourth-order valence-electron chi connectivity index (χ4n) is 2.27. The fraction of sp³-hybridized carbons (Fsp3) is 0.176. The lowest BCUT2D eigenvalue weighted by Gasteiger charge is -2.07. The van der Waals surface area contributed by atoms with Crippen LogP contribution in [0.1, 0.15) is 17.3 Å². The van der Waals surface area contributed by atoms with E-state index < -0.39 is 5.97 Å². The van der Waals surface area contributed by atoms with Gasteiger partial charge in [0.2, 0.25) is 11.1 Å². The van der Waals surface area contributed by atoms with E-state index in [0.29, 0.717) is 21.5 Å². The predicted molar refractivity (Wildman–Crippen MR) is 113 cm³/mol. The van der Waals surface area contributed by atoms with Crippen molar-refractivity contribution in [2.45, 2.75) is 12.1 Å². The Kier molecular flexibility index (Phi) is 6.70. The number of carbonyl (C=O) groups is 2. The molecule has 3 rings (SSSR count). The molecule has 1 aromatic carbocycles. The smallest absolute Gasteiger partial charge is 0.341 e. The number of nitrogen functional groups attached to an aromatic ring is 1. The van der Waals surface area contributed by atoms with E-state index in [1.54, 1.807) is 18.4 Å². The Morgan fingerprint density at radius 2 is 2.11 bits per heavy atom. The van der Waals surface area contributed by atoms with E-state index in [-0.39, 0.29) is 18.3 Å². The van der Waals surface area contributed by atoms with Gasteiger partial charge in [-0.15, -0.1) is 21.5 Å². The summed E-state index contributed by atoms with van der Waals surface area (Å²) in [4.78, 5) is 24.2. The van der Waals surface area contributed by atoms with Crippen molar-refractivity contribution in [1.82, 2.24) is 14.9 Å². The van der Waals surface area contributed by atoms with Crippen LogP contribution in [0.25, 0.3) is 11.4 Å². The highest BCUT2D eigenvalue weighted by Crippen LogP contribution is 2.28. The van der Waals surface area contributed by atoms with Crippen molar-refractivity contribution in [3.05, 3.63) is 45.7 Å². The number of thiophene rings is 1. The monoisotopic (exact) mass is 481 g/mol.